The van der Waals surface area contributed by atoms with Crippen LogP contribution in [0.1, 0.15) is 75.6 Å². The molecule has 116 valence electrons. The molecule has 2 aliphatic rings. The van der Waals surface area contributed by atoms with Gasteiger partial charge in [-0.2, -0.15) is 0 Å². The first-order valence-corrected chi connectivity index (χ1v) is 10.7. The SMILES string of the molecule is Cc1cccc(CP(C2CCCCC2)C2CCCCC2)n1. The van der Waals surface area contributed by atoms with E-state index in [2.05, 4.69) is 25.1 Å². The summed E-state index contributed by atoms with van der Waals surface area (Å²) in [4.78, 5) is 4.82. The number of nitrogens with zero attached hydrogens (tertiary/aromatic N) is 1. The Hall–Kier alpha value is -0.420. The lowest BCUT2D eigenvalue weighted by Crippen LogP contribution is -2.21. The molecule has 0 unspecified atom stereocenters. The summed E-state index contributed by atoms with van der Waals surface area (Å²) in [7, 11) is 0.152. The summed E-state index contributed by atoms with van der Waals surface area (Å²) in [6.45, 7) is 2.13. The number of aryl methyl sites for hydroxylation is 1. The molecule has 0 radical (unpaired) electrons. The molecule has 0 atom stereocenters. The maximum Gasteiger partial charge on any atom is 0.0449 e. The van der Waals surface area contributed by atoms with Gasteiger partial charge >= 0.3 is 0 Å². The summed E-state index contributed by atoms with van der Waals surface area (Å²) in [5, 5.41) is 0. The summed E-state index contributed by atoms with van der Waals surface area (Å²) in [6.07, 6.45) is 16.2. The third-order valence-electron chi connectivity index (χ3n) is 5.38. The predicted octanol–water partition coefficient (Wildman–Crippen LogP) is 6.04. The average molecular weight is 303 g/mol. The molecule has 2 fully saturated rings. The van der Waals surface area contributed by atoms with Gasteiger partial charge in [0.15, 0.2) is 0 Å². The van der Waals surface area contributed by atoms with Gasteiger partial charge in [0.25, 0.3) is 0 Å². The molecule has 1 heterocycles. The van der Waals surface area contributed by atoms with Crippen LogP contribution >= 0.6 is 7.92 Å². The van der Waals surface area contributed by atoms with E-state index in [1.165, 1.54) is 81.8 Å². The monoisotopic (exact) mass is 303 g/mol. The minimum Gasteiger partial charge on any atom is -0.258 e. The molecule has 0 spiro atoms. The second-order valence-corrected chi connectivity index (χ2v) is 9.83. The quantitative estimate of drug-likeness (QED) is 0.618. The smallest absolute Gasteiger partial charge is 0.0449 e. The molecule has 2 saturated carbocycles. The zero-order valence-corrected chi connectivity index (χ0v) is 14.5. The first kappa shape index (κ1) is 15.5. The number of pyridine rings is 1. The third-order valence-corrected chi connectivity index (χ3v) is 8.98. The molecule has 1 aromatic rings. The molecule has 1 nitrogen and oxygen atoms in total. The van der Waals surface area contributed by atoms with Crippen LogP contribution in [-0.2, 0) is 6.16 Å². The van der Waals surface area contributed by atoms with E-state index in [0.29, 0.717) is 0 Å². The predicted molar refractivity (Wildman–Crippen MR) is 93.3 cm³/mol. The molecular formula is C19H30NP. The summed E-state index contributed by atoms with van der Waals surface area (Å²) in [5.41, 5.74) is 4.64. The van der Waals surface area contributed by atoms with Crippen LogP contribution in [0.4, 0.5) is 0 Å². The van der Waals surface area contributed by atoms with Crippen molar-refractivity contribution < 1.29 is 0 Å². The van der Waals surface area contributed by atoms with E-state index in [1.54, 1.807) is 0 Å². The highest BCUT2D eigenvalue weighted by molar-refractivity contribution is 7.58. The number of hydrogen-bond donors (Lipinski definition) is 0. The van der Waals surface area contributed by atoms with Gasteiger partial charge in [-0.3, -0.25) is 4.98 Å². The standard InChI is InChI=1S/C19H30NP/c1-16-9-8-10-17(20-16)15-21(18-11-4-2-5-12-18)19-13-6-3-7-14-19/h8-10,18-19H,2-7,11-15H2,1H3. The Morgan fingerprint density at radius 3 is 2.00 bits per heavy atom. The number of rotatable bonds is 4. The van der Waals surface area contributed by atoms with Crippen LogP contribution in [0, 0.1) is 6.92 Å². The van der Waals surface area contributed by atoms with Crippen LogP contribution in [0.15, 0.2) is 18.2 Å². The topological polar surface area (TPSA) is 12.9 Å². The van der Waals surface area contributed by atoms with Gasteiger partial charge in [0.05, 0.1) is 0 Å². The second kappa shape index (κ2) is 7.73. The fourth-order valence-corrected chi connectivity index (χ4v) is 7.98. The van der Waals surface area contributed by atoms with Crippen LogP contribution in [0.5, 0.6) is 0 Å². The van der Waals surface area contributed by atoms with Gasteiger partial charge in [0.2, 0.25) is 0 Å². The van der Waals surface area contributed by atoms with Crippen LogP contribution in [-0.4, -0.2) is 16.3 Å². The van der Waals surface area contributed by atoms with Crippen molar-refractivity contribution in [3.05, 3.63) is 29.6 Å². The molecule has 21 heavy (non-hydrogen) atoms. The molecule has 0 saturated heterocycles. The van der Waals surface area contributed by atoms with Crippen molar-refractivity contribution in [3.8, 4) is 0 Å². The van der Waals surface area contributed by atoms with Gasteiger partial charge < -0.3 is 0 Å². The molecule has 2 heteroatoms. The van der Waals surface area contributed by atoms with Crippen LogP contribution in [0.3, 0.4) is 0 Å². The maximum atomic E-state index is 4.82. The van der Waals surface area contributed by atoms with E-state index in [-0.39, 0.29) is 7.92 Å². The lowest BCUT2D eigenvalue weighted by molar-refractivity contribution is 0.483. The summed E-state index contributed by atoms with van der Waals surface area (Å²) < 4.78 is 0. The van der Waals surface area contributed by atoms with Gasteiger partial charge in [-0.15, -0.1) is 0 Å². The van der Waals surface area contributed by atoms with Gasteiger partial charge in [-0.05, 0) is 56.1 Å². The summed E-state index contributed by atoms with van der Waals surface area (Å²) in [6, 6.07) is 6.61. The summed E-state index contributed by atoms with van der Waals surface area (Å²) in [5.74, 6) is 0. The van der Waals surface area contributed by atoms with Gasteiger partial charge in [-0.1, -0.05) is 52.5 Å². The lowest BCUT2D eigenvalue weighted by atomic mass is 9.99. The normalized spacial score (nSPS) is 21.8. The van der Waals surface area contributed by atoms with E-state index in [1.807, 2.05) is 0 Å². The summed E-state index contributed by atoms with van der Waals surface area (Å²) >= 11 is 0. The largest absolute Gasteiger partial charge is 0.258 e. The Bertz CT molecular complexity index is 415. The molecule has 0 aromatic carbocycles. The second-order valence-electron chi connectivity index (χ2n) is 7.03. The molecule has 0 bridgehead atoms. The Balaban J connectivity index is 1.73. The van der Waals surface area contributed by atoms with E-state index in [9.17, 15) is 0 Å². The zero-order chi connectivity index (χ0) is 14.5. The van der Waals surface area contributed by atoms with Gasteiger partial charge in [0.1, 0.15) is 0 Å². The number of aromatic nitrogens is 1. The zero-order valence-electron chi connectivity index (χ0n) is 13.6. The Morgan fingerprint density at radius 1 is 0.905 bits per heavy atom. The van der Waals surface area contributed by atoms with E-state index in [0.717, 1.165) is 11.3 Å². The highest BCUT2D eigenvalue weighted by Gasteiger charge is 2.31. The molecule has 0 aliphatic heterocycles. The number of hydrogen-bond acceptors (Lipinski definition) is 1. The highest BCUT2D eigenvalue weighted by Crippen LogP contribution is 2.57. The maximum absolute atomic E-state index is 4.82. The van der Waals surface area contributed by atoms with E-state index >= 15 is 0 Å². The van der Waals surface area contributed by atoms with E-state index < -0.39 is 0 Å². The molecule has 3 rings (SSSR count). The average Bonchev–Trinajstić information content (AvgIpc) is 2.54. The van der Waals surface area contributed by atoms with Crippen molar-refractivity contribution in [2.45, 2.75) is 88.6 Å². The molecule has 0 amide bonds. The van der Waals surface area contributed by atoms with E-state index in [4.69, 9.17) is 4.98 Å². The van der Waals surface area contributed by atoms with Crippen molar-refractivity contribution >= 4 is 7.92 Å². The van der Waals surface area contributed by atoms with Crippen LogP contribution in [0.25, 0.3) is 0 Å². The van der Waals surface area contributed by atoms with Crippen LogP contribution in [0.2, 0.25) is 0 Å². The van der Waals surface area contributed by atoms with Gasteiger partial charge in [-0.25, -0.2) is 0 Å². The van der Waals surface area contributed by atoms with Crippen molar-refractivity contribution in [2.24, 2.45) is 0 Å². The molecular weight excluding hydrogens is 273 g/mol. The van der Waals surface area contributed by atoms with Gasteiger partial charge in [0, 0.05) is 17.5 Å². The first-order valence-electron chi connectivity index (χ1n) is 9.01. The lowest BCUT2D eigenvalue weighted by Gasteiger charge is -2.38. The Morgan fingerprint density at radius 2 is 1.48 bits per heavy atom. The third kappa shape index (κ3) is 4.28. The Kier molecular flexibility index (Phi) is 5.69. The molecule has 1 aromatic heterocycles. The van der Waals surface area contributed by atoms with Crippen molar-refractivity contribution in [2.75, 3.05) is 0 Å². The fourth-order valence-electron chi connectivity index (χ4n) is 4.26. The first-order chi connectivity index (χ1) is 10.3. The fraction of sp³-hybridized carbons (Fsp3) is 0.737. The highest BCUT2D eigenvalue weighted by atomic mass is 31.1. The molecule has 0 N–H and O–H groups in total. The van der Waals surface area contributed by atoms with Crippen molar-refractivity contribution in [3.63, 3.8) is 0 Å². The Labute approximate surface area is 131 Å². The van der Waals surface area contributed by atoms with Crippen molar-refractivity contribution in [1.82, 2.24) is 4.98 Å². The minimum atomic E-state index is 0.152. The van der Waals surface area contributed by atoms with Crippen molar-refractivity contribution in [1.29, 1.82) is 0 Å². The minimum absolute atomic E-state index is 0.152. The molecule has 2 aliphatic carbocycles. The van der Waals surface area contributed by atoms with Crippen LogP contribution < -0.4 is 0 Å².